The second-order valence-corrected chi connectivity index (χ2v) is 6.73. The van der Waals surface area contributed by atoms with Gasteiger partial charge in [0.1, 0.15) is 0 Å². The van der Waals surface area contributed by atoms with Crippen molar-refractivity contribution in [3.8, 4) is 0 Å². The average Bonchev–Trinajstić information content (AvgIpc) is 2.90. The molecule has 1 amide bonds. The fourth-order valence-corrected chi connectivity index (χ4v) is 2.68. The quantitative estimate of drug-likeness (QED) is 0.900. The van der Waals surface area contributed by atoms with Gasteiger partial charge in [-0.15, -0.1) is 0 Å². The summed E-state index contributed by atoms with van der Waals surface area (Å²) in [5, 5.41) is 6.40. The highest BCUT2D eigenvalue weighted by atomic mass is 35.5. The predicted molar refractivity (Wildman–Crippen MR) is 98.3 cm³/mol. The van der Waals surface area contributed by atoms with E-state index in [4.69, 9.17) is 16.4 Å². The van der Waals surface area contributed by atoms with Crippen LogP contribution in [-0.4, -0.2) is 22.5 Å². The van der Waals surface area contributed by atoms with Crippen LogP contribution in [0.2, 0.25) is 5.02 Å². The molecule has 0 spiro atoms. The van der Waals surface area contributed by atoms with Crippen LogP contribution in [0.3, 0.4) is 0 Å². The molecule has 2 aromatic rings. The first-order valence-electron chi connectivity index (χ1n) is 8.13. The van der Waals surface area contributed by atoms with Crippen molar-refractivity contribution in [3.63, 3.8) is 0 Å². The maximum atomic E-state index is 12.7. The molecule has 0 aliphatic carbocycles. The van der Waals surface area contributed by atoms with Crippen molar-refractivity contribution in [1.29, 1.82) is 0 Å². The normalized spacial score (nSPS) is 15.5. The van der Waals surface area contributed by atoms with E-state index in [-0.39, 0.29) is 5.91 Å². The summed E-state index contributed by atoms with van der Waals surface area (Å²) >= 11 is 5.95. The average molecular weight is 358 g/mol. The summed E-state index contributed by atoms with van der Waals surface area (Å²) in [5.74, 6) is 0.317. The van der Waals surface area contributed by atoms with Gasteiger partial charge in [-0.2, -0.15) is 0 Å². The molecule has 5 nitrogen and oxygen atoms in total. The first kappa shape index (κ1) is 17.3. The molecule has 0 saturated carbocycles. The lowest BCUT2D eigenvalue weighted by atomic mass is 10.1. The fraction of sp³-hybridized carbons (Fsp3) is 0.263. The number of aryl methyl sites for hydroxylation is 1. The third-order valence-corrected chi connectivity index (χ3v) is 4.27. The molecular formula is C19H20ClN3O2. The van der Waals surface area contributed by atoms with Gasteiger partial charge in [-0.1, -0.05) is 35.8 Å². The molecule has 0 atom stereocenters. The number of carbonyl (C=O) groups is 1. The Bertz CT molecular complexity index is 816. The fourth-order valence-electron chi connectivity index (χ4n) is 2.56. The Labute approximate surface area is 152 Å². The molecule has 0 aromatic heterocycles. The molecule has 0 bridgehead atoms. The van der Waals surface area contributed by atoms with Crippen molar-refractivity contribution in [2.24, 2.45) is 5.16 Å². The standard InChI is InChI=1S/C19H20ClN3O2/c1-4-13-6-5-7-15(12-13)18(24)21-23-17(22-25-19(23,2)3)14-8-10-16(20)11-9-14/h5-12H,4H2,1-3H3,(H,21,24). The van der Waals surface area contributed by atoms with Gasteiger partial charge in [0.25, 0.3) is 5.91 Å². The van der Waals surface area contributed by atoms with Crippen LogP contribution < -0.4 is 5.43 Å². The van der Waals surface area contributed by atoms with Gasteiger partial charge in [0.2, 0.25) is 5.72 Å². The number of benzene rings is 2. The van der Waals surface area contributed by atoms with Crippen molar-refractivity contribution in [3.05, 3.63) is 70.2 Å². The van der Waals surface area contributed by atoms with Gasteiger partial charge in [-0.05, 0) is 62.2 Å². The minimum atomic E-state index is -0.799. The van der Waals surface area contributed by atoms with E-state index in [0.717, 1.165) is 17.5 Å². The van der Waals surface area contributed by atoms with Gasteiger partial charge < -0.3 is 4.84 Å². The molecule has 1 N–H and O–H groups in total. The Morgan fingerprint density at radius 1 is 1.24 bits per heavy atom. The highest BCUT2D eigenvalue weighted by Crippen LogP contribution is 2.26. The van der Waals surface area contributed by atoms with Crippen molar-refractivity contribution < 1.29 is 9.63 Å². The monoisotopic (exact) mass is 357 g/mol. The Kier molecular flexibility index (Phi) is 4.68. The molecule has 25 heavy (non-hydrogen) atoms. The van der Waals surface area contributed by atoms with E-state index in [1.54, 1.807) is 23.2 Å². The lowest BCUT2D eigenvalue weighted by Crippen LogP contribution is -2.54. The topological polar surface area (TPSA) is 53.9 Å². The molecule has 6 heteroatoms. The van der Waals surface area contributed by atoms with E-state index in [1.807, 2.05) is 44.2 Å². The number of carbonyl (C=O) groups excluding carboxylic acids is 1. The minimum Gasteiger partial charge on any atom is -0.364 e. The number of amides is 1. The summed E-state index contributed by atoms with van der Waals surface area (Å²) in [5.41, 5.74) is 4.61. The highest BCUT2D eigenvalue weighted by molar-refractivity contribution is 6.30. The summed E-state index contributed by atoms with van der Waals surface area (Å²) in [7, 11) is 0. The number of oxime groups is 1. The van der Waals surface area contributed by atoms with E-state index in [9.17, 15) is 4.79 Å². The summed E-state index contributed by atoms with van der Waals surface area (Å²) in [4.78, 5) is 18.2. The van der Waals surface area contributed by atoms with Crippen LogP contribution in [0.15, 0.2) is 53.7 Å². The van der Waals surface area contributed by atoms with Gasteiger partial charge in [0, 0.05) is 16.1 Å². The number of rotatable bonds is 4. The lowest BCUT2D eigenvalue weighted by Gasteiger charge is -2.31. The number of hydrazine groups is 1. The Morgan fingerprint density at radius 2 is 1.96 bits per heavy atom. The maximum Gasteiger partial charge on any atom is 0.269 e. The Balaban J connectivity index is 1.86. The van der Waals surface area contributed by atoms with E-state index in [2.05, 4.69) is 17.5 Å². The van der Waals surface area contributed by atoms with E-state index in [1.165, 1.54) is 0 Å². The van der Waals surface area contributed by atoms with Crippen LogP contribution in [0.25, 0.3) is 0 Å². The zero-order chi connectivity index (χ0) is 18.0. The van der Waals surface area contributed by atoms with Gasteiger partial charge in [-0.3, -0.25) is 10.2 Å². The van der Waals surface area contributed by atoms with E-state index in [0.29, 0.717) is 16.4 Å². The first-order valence-corrected chi connectivity index (χ1v) is 8.51. The number of nitrogens with zero attached hydrogens (tertiary/aromatic N) is 2. The lowest BCUT2D eigenvalue weighted by molar-refractivity contribution is -0.0824. The highest BCUT2D eigenvalue weighted by Gasteiger charge is 2.39. The van der Waals surface area contributed by atoms with Gasteiger partial charge >= 0.3 is 0 Å². The van der Waals surface area contributed by atoms with Crippen molar-refractivity contribution in [2.75, 3.05) is 0 Å². The third kappa shape index (κ3) is 3.61. The first-order chi connectivity index (χ1) is 11.9. The molecule has 0 radical (unpaired) electrons. The van der Waals surface area contributed by atoms with Crippen LogP contribution >= 0.6 is 11.6 Å². The third-order valence-electron chi connectivity index (χ3n) is 4.02. The summed E-state index contributed by atoms with van der Waals surface area (Å²) < 4.78 is 0. The van der Waals surface area contributed by atoms with Crippen LogP contribution in [0.5, 0.6) is 0 Å². The molecule has 0 unspecified atom stereocenters. The summed E-state index contributed by atoms with van der Waals surface area (Å²) in [6.07, 6.45) is 0.872. The zero-order valence-corrected chi connectivity index (χ0v) is 15.2. The SMILES string of the molecule is CCc1cccc(C(=O)NN2C(c3ccc(Cl)cc3)=NOC2(C)C)c1. The molecule has 0 saturated heterocycles. The van der Waals surface area contributed by atoms with Crippen molar-refractivity contribution in [1.82, 2.24) is 10.4 Å². The van der Waals surface area contributed by atoms with Crippen LogP contribution in [0.1, 0.15) is 42.3 Å². The van der Waals surface area contributed by atoms with Crippen molar-refractivity contribution >= 4 is 23.3 Å². The predicted octanol–water partition coefficient (Wildman–Crippen LogP) is 3.98. The molecule has 130 valence electrons. The maximum absolute atomic E-state index is 12.7. The molecular weight excluding hydrogens is 338 g/mol. The number of halogens is 1. The van der Waals surface area contributed by atoms with E-state index < -0.39 is 5.72 Å². The second-order valence-electron chi connectivity index (χ2n) is 6.29. The summed E-state index contributed by atoms with van der Waals surface area (Å²) in [6.45, 7) is 5.73. The van der Waals surface area contributed by atoms with Gasteiger partial charge in [0.15, 0.2) is 5.84 Å². The molecule has 3 rings (SSSR count). The van der Waals surface area contributed by atoms with Crippen LogP contribution in [0.4, 0.5) is 0 Å². The second kappa shape index (κ2) is 6.76. The largest absolute Gasteiger partial charge is 0.364 e. The molecule has 1 heterocycles. The molecule has 1 aliphatic rings. The van der Waals surface area contributed by atoms with E-state index >= 15 is 0 Å². The smallest absolute Gasteiger partial charge is 0.269 e. The van der Waals surface area contributed by atoms with Crippen LogP contribution in [-0.2, 0) is 11.3 Å². The Morgan fingerprint density at radius 3 is 2.64 bits per heavy atom. The number of amidine groups is 1. The number of hydrogen-bond donors (Lipinski definition) is 1. The zero-order valence-electron chi connectivity index (χ0n) is 14.4. The van der Waals surface area contributed by atoms with Gasteiger partial charge in [0.05, 0.1) is 0 Å². The van der Waals surface area contributed by atoms with Gasteiger partial charge in [-0.25, -0.2) is 5.01 Å². The summed E-state index contributed by atoms with van der Waals surface area (Å²) in [6, 6.07) is 14.8. The van der Waals surface area contributed by atoms with Crippen LogP contribution in [0, 0.1) is 0 Å². The minimum absolute atomic E-state index is 0.212. The molecule has 2 aromatic carbocycles. The number of nitrogens with one attached hydrogen (secondary N) is 1. The number of hydrogen-bond acceptors (Lipinski definition) is 4. The molecule has 0 fully saturated rings. The molecule has 1 aliphatic heterocycles. The van der Waals surface area contributed by atoms with Crippen molar-refractivity contribution in [2.45, 2.75) is 32.9 Å². The Hall–Kier alpha value is -2.53.